The van der Waals surface area contributed by atoms with Crippen LogP contribution in [0.2, 0.25) is 0 Å². The zero-order valence-corrected chi connectivity index (χ0v) is 20.3. The first-order valence-electron chi connectivity index (χ1n) is 11.3. The normalized spacial score (nSPS) is 11.5. The second-order valence-electron chi connectivity index (χ2n) is 8.51. The highest BCUT2D eigenvalue weighted by Gasteiger charge is 2.24. The Balaban J connectivity index is 3.22. The molecule has 0 saturated heterocycles. The lowest BCUT2D eigenvalue weighted by Crippen LogP contribution is -2.31. The van der Waals surface area contributed by atoms with E-state index in [2.05, 4.69) is 33.8 Å². The fraction of sp³-hybridized carbons (Fsp3) is 0.577. The number of hydrogen-bond donors (Lipinski definition) is 2. The minimum Gasteiger partial charge on any atom is -0.508 e. The molecule has 0 atom stereocenters. The molecule has 0 unspecified atom stereocenters. The van der Waals surface area contributed by atoms with Gasteiger partial charge in [0.15, 0.2) is 0 Å². The average molecular weight is 432 g/mol. The van der Waals surface area contributed by atoms with Crippen LogP contribution in [0.5, 0.6) is 11.5 Å². The number of amides is 1. The fourth-order valence-electron chi connectivity index (χ4n) is 3.44. The lowest BCUT2D eigenvalue weighted by atomic mass is 9.94. The number of benzene rings is 1. The molecule has 0 fully saturated rings. The van der Waals surface area contributed by atoms with Crippen LogP contribution in [-0.4, -0.2) is 48.3 Å². The Kier molecular flexibility index (Phi) is 12.0. The molecule has 1 aromatic carbocycles. The van der Waals surface area contributed by atoms with E-state index in [1.807, 2.05) is 6.08 Å². The molecular weight excluding hydrogens is 390 g/mol. The van der Waals surface area contributed by atoms with Crippen molar-refractivity contribution in [2.24, 2.45) is 0 Å². The van der Waals surface area contributed by atoms with E-state index in [0.717, 1.165) is 32.1 Å². The summed E-state index contributed by atoms with van der Waals surface area (Å²) in [6.45, 7) is 9.19. The summed E-state index contributed by atoms with van der Waals surface area (Å²) in [4.78, 5) is 14.7. The van der Waals surface area contributed by atoms with Gasteiger partial charge < -0.3 is 19.8 Å². The SMILES string of the molecule is CCCCCc1cc(O)c(CC=C(C)CCC=C(C)C)c(O)c1C(=O)N(C)CCOC. The van der Waals surface area contributed by atoms with Crippen LogP contribution in [0.25, 0.3) is 0 Å². The molecule has 1 rings (SSSR count). The Labute approximate surface area is 188 Å². The number of rotatable bonds is 13. The van der Waals surface area contributed by atoms with Crippen molar-refractivity contribution in [2.75, 3.05) is 27.3 Å². The van der Waals surface area contributed by atoms with Gasteiger partial charge in [0.25, 0.3) is 5.91 Å². The Bertz CT molecular complexity index is 776. The number of ether oxygens (including phenoxy) is 1. The number of likely N-dealkylation sites (N-methyl/N-ethyl adjacent to an activating group) is 1. The molecule has 0 aliphatic rings. The molecule has 5 heteroatoms. The highest BCUT2D eigenvalue weighted by molar-refractivity contribution is 5.99. The highest BCUT2D eigenvalue weighted by atomic mass is 16.5. The van der Waals surface area contributed by atoms with Crippen LogP contribution in [0.3, 0.4) is 0 Å². The van der Waals surface area contributed by atoms with Crippen molar-refractivity contribution in [2.45, 2.75) is 72.6 Å². The summed E-state index contributed by atoms with van der Waals surface area (Å²) in [7, 11) is 3.30. The fourth-order valence-corrected chi connectivity index (χ4v) is 3.44. The van der Waals surface area contributed by atoms with E-state index in [-0.39, 0.29) is 17.4 Å². The first kappa shape index (κ1) is 26.8. The zero-order chi connectivity index (χ0) is 23.4. The topological polar surface area (TPSA) is 70.0 Å². The van der Waals surface area contributed by atoms with Crippen LogP contribution in [0.1, 0.15) is 81.3 Å². The molecule has 2 N–H and O–H groups in total. The molecule has 31 heavy (non-hydrogen) atoms. The van der Waals surface area contributed by atoms with Gasteiger partial charge in [-0.25, -0.2) is 0 Å². The van der Waals surface area contributed by atoms with Crippen LogP contribution in [-0.2, 0) is 17.6 Å². The van der Waals surface area contributed by atoms with Gasteiger partial charge in [-0.1, -0.05) is 43.1 Å². The van der Waals surface area contributed by atoms with Crippen molar-refractivity contribution in [1.82, 2.24) is 4.90 Å². The standard InChI is InChI=1S/C26H41NO4/c1-7-8-9-13-21-18-23(28)22(15-14-20(4)12-10-11-19(2)3)25(29)24(21)26(30)27(5)16-17-31-6/h11,14,18,28-29H,7-10,12-13,15-17H2,1-6H3. The maximum Gasteiger partial charge on any atom is 0.257 e. The van der Waals surface area contributed by atoms with E-state index >= 15 is 0 Å². The summed E-state index contributed by atoms with van der Waals surface area (Å²) >= 11 is 0. The van der Waals surface area contributed by atoms with Gasteiger partial charge in [-0.2, -0.15) is 0 Å². The van der Waals surface area contributed by atoms with Crippen LogP contribution in [0, 0.1) is 0 Å². The molecule has 0 aliphatic heterocycles. The number of hydrogen-bond acceptors (Lipinski definition) is 4. The van der Waals surface area contributed by atoms with Crippen molar-refractivity contribution in [1.29, 1.82) is 0 Å². The number of carbonyl (C=O) groups is 1. The van der Waals surface area contributed by atoms with Crippen molar-refractivity contribution in [3.05, 3.63) is 46.1 Å². The summed E-state index contributed by atoms with van der Waals surface area (Å²) in [5.41, 5.74) is 3.89. The summed E-state index contributed by atoms with van der Waals surface area (Å²) in [6.07, 6.45) is 10.1. The van der Waals surface area contributed by atoms with Crippen molar-refractivity contribution in [3.8, 4) is 11.5 Å². The minimum atomic E-state index is -0.244. The van der Waals surface area contributed by atoms with E-state index < -0.39 is 0 Å². The maximum atomic E-state index is 13.1. The number of aromatic hydroxyl groups is 2. The first-order chi connectivity index (χ1) is 14.7. The number of allylic oxidation sites excluding steroid dienone is 4. The molecular formula is C26H41NO4. The second kappa shape index (κ2) is 13.9. The molecule has 0 aliphatic carbocycles. The molecule has 0 bridgehead atoms. The quantitative estimate of drug-likeness (QED) is 0.307. The summed E-state index contributed by atoms with van der Waals surface area (Å²) in [5, 5.41) is 21.7. The van der Waals surface area contributed by atoms with E-state index in [0.29, 0.717) is 42.7 Å². The number of unbranched alkanes of at least 4 members (excludes halogenated alkanes) is 2. The smallest absolute Gasteiger partial charge is 0.257 e. The second-order valence-corrected chi connectivity index (χ2v) is 8.51. The third kappa shape index (κ3) is 8.78. The molecule has 174 valence electrons. The number of methoxy groups -OCH3 is 1. The van der Waals surface area contributed by atoms with Crippen LogP contribution in [0.15, 0.2) is 29.4 Å². The van der Waals surface area contributed by atoms with Gasteiger partial charge >= 0.3 is 0 Å². The highest BCUT2D eigenvalue weighted by Crippen LogP contribution is 2.36. The van der Waals surface area contributed by atoms with Crippen LogP contribution in [0.4, 0.5) is 0 Å². The van der Waals surface area contributed by atoms with Gasteiger partial charge in [0, 0.05) is 26.3 Å². The lowest BCUT2D eigenvalue weighted by Gasteiger charge is -2.21. The molecule has 1 amide bonds. The predicted octanol–water partition coefficient (Wildman–Crippen LogP) is 5.78. The van der Waals surface area contributed by atoms with Crippen molar-refractivity contribution < 1.29 is 19.7 Å². The maximum absolute atomic E-state index is 13.1. The summed E-state index contributed by atoms with van der Waals surface area (Å²) in [5.74, 6) is -0.297. The molecule has 0 heterocycles. The van der Waals surface area contributed by atoms with Crippen LogP contribution >= 0.6 is 0 Å². The third-order valence-corrected chi connectivity index (χ3v) is 5.45. The largest absolute Gasteiger partial charge is 0.508 e. The Morgan fingerprint density at radius 3 is 2.48 bits per heavy atom. The van der Waals surface area contributed by atoms with E-state index in [4.69, 9.17) is 4.74 Å². The molecule has 5 nitrogen and oxygen atoms in total. The van der Waals surface area contributed by atoms with Crippen molar-refractivity contribution in [3.63, 3.8) is 0 Å². The van der Waals surface area contributed by atoms with Gasteiger partial charge in [0.1, 0.15) is 11.5 Å². The third-order valence-electron chi connectivity index (χ3n) is 5.45. The summed E-state index contributed by atoms with van der Waals surface area (Å²) in [6, 6.07) is 1.66. The monoisotopic (exact) mass is 431 g/mol. The van der Waals surface area contributed by atoms with Gasteiger partial charge in [-0.3, -0.25) is 4.79 Å². The van der Waals surface area contributed by atoms with Gasteiger partial charge in [-0.15, -0.1) is 0 Å². The van der Waals surface area contributed by atoms with Gasteiger partial charge in [0.2, 0.25) is 0 Å². The van der Waals surface area contributed by atoms with E-state index in [1.165, 1.54) is 11.1 Å². The lowest BCUT2D eigenvalue weighted by molar-refractivity contribution is 0.0740. The Morgan fingerprint density at radius 2 is 1.87 bits per heavy atom. The number of carbonyl (C=O) groups excluding carboxylic acids is 1. The molecule has 0 aromatic heterocycles. The Morgan fingerprint density at radius 1 is 1.16 bits per heavy atom. The minimum absolute atomic E-state index is 0.0495. The first-order valence-corrected chi connectivity index (χ1v) is 11.3. The average Bonchev–Trinajstić information content (AvgIpc) is 2.71. The van der Waals surface area contributed by atoms with E-state index in [9.17, 15) is 15.0 Å². The van der Waals surface area contributed by atoms with E-state index in [1.54, 1.807) is 25.1 Å². The van der Waals surface area contributed by atoms with Crippen molar-refractivity contribution >= 4 is 5.91 Å². The number of phenols is 2. The zero-order valence-electron chi connectivity index (χ0n) is 20.3. The van der Waals surface area contributed by atoms with Gasteiger partial charge in [0.05, 0.1) is 12.2 Å². The molecule has 0 spiro atoms. The van der Waals surface area contributed by atoms with Crippen LogP contribution < -0.4 is 0 Å². The molecule has 0 radical (unpaired) electrons. The predicted molar refractivity (Wildman–Crippen MR) is 128 cm³/mol. The molecule has 0 saturated carbocycles. The number of phenolic OH excluding ortho intramolecular Hbond substituents is 2. The number of nitrogens with zero attached hydrogens (tertiary/aromatic N) is 1. The number of aryl methyl sites for hydroxylation is 1. The summed E-state index contributed by atoms with van der Waals surface area (Å²) < 4.78 is 5.08. The molecule has 1 aromatic rings. The van der Waals surface area contributed by atoms with Gasteiger partial charge in [-0.05, 0) is 64.5 Å². The Hall–Kier alpha value is -2.27.